The highest BCUT2D eigenvalue weighted by atomic mass is 28.4. The zero-order valence-electron chi connectivity index (χ0n) is 19.5. The lowest BCUT2D eigenvalue weighted by Crippen LogP contribution is -2.52. The maximum atomic E-state index is 13.8. The third-order valence-electron chi connectivity index (χ3n) is 6.05. The van der Waals surface area contributed by atoms with Gasteiger partial charge in [0.15, 0.2) is 25.3 Å². The van der Waals surface area contributed by atoms with E-state index >= 15 is 0 Å². The van der Waals surface area contributed by atoms with Gasteiger partial charge in [0.05, 0.1) is 12.2 Å². The molecule has 0 amide bonds. The summed E-state index contributed by atoms with van der Waals surface area (Å²) < 4.78 is 33.8. The van der Waals surface area contributed by atoms with Crippen molar-refractivity contribution in [1.82, 2.24) is 19.5 Å². The van der Waals surface area contributed by atoms with E-state index in [9.17, 15) is 9.18 Å². The number of fused-ring (bicyclic) bond motifs is 1. The quantitative estimate of drug-likeness (QED) is 0.311. The van der Waals surface area contributed by atoms with Gasteiger partial charge in [-0.05, 0) is 24.1 Å². The summed E-state index contributed by atoms with van der Waals surface area (Å²) in [6.45, 7) is 13.8. The highest BCUT2D eigenvalue weighted by Crippen LogP contribution is 2.45. The summed E-state index contributed by atoms with van der Waals surface area (Å²) in [4.78, 5) is 24.0. The van der Waals surface area contributed by atoms with Gasteiger partial charge >= 0.3 is 17.8 Å². The molecule has 0 aromatic carbocycles. The fourth-order valence-corrected chi connectivity index (χ4v) is 4.44. The number of carbonyl (C=O) groups excluding carboxylic acids is 1. The molecule has 0 bridgehead atoms. The molecule has 0 unspecified atom stereocenters. The second-order valence-corrected chi connectivity index (χ2v) is 14.5. The summed E-state index contributed by atoms with van der Waals surface area (Å²) in [6, 6.07) is 0. The molecule has 2 aromatic heterocycles. The minimum absolute atomic E-state index is 0.0900. The molecule has 1 saturated heterocycles. The molecule has 174 valence electrons. The van der Waals surface area contributed by atoms with Crippen LogP contribution in [0.25, 0.3) is 11.2 Å². The summed E-state index contributed by atoms with van der Waals surface area (Å²) >= 11 is 0. The van der Waals surface area contributed by atoms with Gasteiger partial charge in [0.1, 0.15) is 12.3 Å². The standard InChI is InChI=1S/C21H30FN5O4Si/c1-9-21(30-18(28)12(2)3)13(31-32(7,8)20(4,5)6)10-14(29-21)27-11-24-15-16(23)25-19(22)26-17(15)27/h1,11-14H,10H2,2-8H3,(H2,23,25,26)/t13-,14+,21+/m0/s1. The molecule has 3 rings (SSSR count). The summed E-state index contributed by atoms with van der Waals surface area (Å²) in [5.74, 6) is -0.265. The van der Waals surface area contributed by atoms with Crippen LogP contribution < -0.4 is 5.73 Å². The number of nitrogens with two attached hydrogens (primary N) is 1. The Hall–Kier alpha value is -2.55. The van der Waals surface area contributed by atoms with E-state index in [-0.39, 0.29) is 28.4 Å². The molecule has 9 nitrogen and oxygen atoms in total. The van der Waals surface area contributed by atoms with Crippen molar-refractivity contribution in [2.75, 3.05) is 5.73 Å². The van der Waals surface area contributed by atoms with E-state index in [1.807, 2.05) is 0 Å². The number of terminal acetylenes is 1. The van der Waals surface area contributed by atoms with E-state index in [1.165, 1.54) is 10.9 Å². The number of anilines is 1. The Morgan fingerprint density at radius 3 is 2.66 bits per heavy atom. The molecule has 0 spiro atoms. The maximum absolute atomic E-state index is 13.8. The van der Waals surface area contributed by atoms with Crippen LogP contribution in [-0.4, -0.2) is 45.7 Å². The van der Waals surface area contributed by atoms with E-state index in [4.69, 9.17) is 26.1 Å². The molecule has 0 aliphatic carbocycles. The molecular formula is C21H30FN5O4Si. The number of hydrogen-bond donors (Lipinski definition) is 1. The Balaban J connectivity index is 2.05. The van der Waals surface area contributed by atoms with Crippen molar-refractivity contribution in [3.05, 3.63) is 12.4 Å². The first-order chi connectivity index (χ1) is 14.7. The average Bonchev–Trinajstić information content (AvgIpc) is 3.22. The summed E-state index contributed by atoms with van der Waals surface area (Å²) in [5.41, 5.74) is 6.16. The average molecular weight is 464 g/mol. The zero-order valence-corrected chi connectivity index (χ0v) is 20.5. The second kappa shape index (κ2) is 8.10. The van der Waals surface area contributed by atoms with Crippen LogP contribution in [0.2, 0.25) is 18.1 Å². The van der Waals surface area contributed by atoms with Crippen molar-refractivity contribution in [3.63, 3.8) is 0 Å². The molecule has 0 radical (unpaired) electrons. The Labute approximate surface area is 188 Å². The molecule has 1 aliphatic heterocycles. The summed E-state index contributed by atoms with van der Waals surface area (Å²) in [7, 11) is -2.34. The van der Waals surface area contributed by atoms with Gasteiger partial charge in [-0.1, -0.05) is 34.6 Å². The van der Waals surface area contributed by atoms with E-state index in [0.29, 0.717) is 0 Å². The minimum atomic E-state index is -2.34. The highest BCUT2D eigenvalue weighted by molar-refractivity contribution is 6.74. The Morgan fingerprint density at radius 2 is 2.09 bits per heavy atom. The molecule has 2 N–H and O–H groups in total. The van der Waals surface area contributed by atoms with Crippen LogP contribution in [0.5, 0.6) is 0 Å². The minimum Gasteiger partial charge on any atom is -0.418 e. The SMILES string of the molecule is C#C[C@]1(OC(=O)C(C)C)O[C@@H](n2cnc3c(N)nc(F)nc32)C[C@@H]1O[Si](C)(C)C(C)(C)C. The third-order valence-corrected chi connectivity index (χ3v) is 10.5. The maximum Gasteiger partial charge on any atom is 0.312 e. The second-order valence-electron chi connectivity index (χ2n) is 9.76. The molecular weight excluding hydrogens is 433 g/mol. The van der Waals surface area contributed by atoms with Crippen LogP contribution >= 0.6 is 0 Å². The molecule has 11 heteroatoms. The molecule has 2 aromatic rings. The number of esters is 1. The molecule has 3 atom stereocenters. The van der Waals surface area contributed by atoms with Crippen molar-refractivity contribution < 1.29 is 23.1 Å². The van der Waals surface area contributed by atoms with Gasteiger partial charge in [0, 0.05) is 6.42 Å². The predicted molar refractivity (Wildman–Crippen MR) is 119 cm³/mol. The number of imidazole rings is 1. The van der Waals surface area contributed by atoms with Crippen molar-refractivity contribution in [2.45, 2.75) is 77.3 Å². The van der Waals surface area contributed by atoms with Gasteiger partial charge in [-0.2, -0.15) is 14.4 Å². The van der Waals surface area contributed by atoms with Crippen molar-refractivity contribution in [3.8, 4) is 12.3 Å². The van der Waals surface area contributed by atoms with Gasteiger partial charge in [-0.3, -0.25) is 9.36 Å². The molecule has 3 heterocycles. The number of ether oxygens (including phenoxy) is 2. The van der Waals surface area contributed by atoms with Gasteiger partial charge < -0.3 is 19.6 Å². The zero-order chi connectivity index (χ0) is 24.1. The lowest BCUT2D eigenvalue weighted by molar-refractivity contribution is -0.227. The number of nitrogens with zero attached hydrogens (tertiary/aromatic N) is 4. The van der Waals surface area contributed by atoms with E-state index in [2.05, 4.69) is 54.7 Å². The molecule has 1 aliphatic rings. The number of rotatable bonds is 5. The van der Waals surface area contributed by atoms with Crippen molar-refractivity contribution in [2.24, 2.45) is 5.92 Å². The number of hydrogen-bond acceptors (Lipinski definition) is 8. The Morgan fingerprint density at radius 1 is 1.44 bits per heavy atom. The number of halogens is 1. The molecule has 1 fully saturated rings. The first-order valence-electron chi connectivity index (χ1n) is 10.4. The fourth-order valence-electron chi connectivity index (χ4n) is 3.13. The first-order valence-corrected chi connectivity index (χ1v) is 13.3. The largest absolute Gasteiger partial charge is 0.418 e. The van der Waals surface area contributed by atoms with Crippen LogP contribution in [0.3, 0.4) is 0 Å². The Bertz CT molecular complexity index is 1070. The van der Waals surface area contributed by atoms with E-state index in [1.54, 1.807) is 13.8 Å². The first kappa shape index (κ1) is 24.1. The number of nitrogen functional groups attached to an aromatic ring is 1. The van der Waals surface area contributed by atoms with Crippen LogP contribution in [0.1, 0.15) is 47.3 Å². The van der Waals surface area contributed by atoms with E-state index < -0.39 is 44.4 Å². The summed E-state index contributed by atoms with van der Waals surface area (Å²) in [5, 5.41) is -0.125. The van der Waals surface area contributed by atoms with Crippen LogP contribution in [0, 0.1) is 24.3 Å². The summed E-state index contributed by atoms with van der Waals surface area (Å²) in [6.07, 6.45) is 5.00. The number of carbonyl (C=O) groups is 1. The van der Waals surface area contributed by atoms with Crippen LogP contribution in [0.4, 0.5) is 10.2 Å². The van der Waals surface area contributed by atoms with Crippen LogP contribution in [0.15, 0.2) is 6.33 Å². The lowest BCUT2D eigenvalue weighted by atomic mass is 10.1. The smallest absolute Gasteiger partial charge is 0.312 e. The monoisotopic (exact) mass is 463 g/mol. The van der Waals surface area contributed by atoms with Crippen LogP contribution in [-0.2, 0) is 18.7 Å². The van der Waals surface area contributed by atoms with Crippen molar-refractivity contribution in [1.29, 1.82) is 0 Å². The predicted octanol–water partition coefficient (Wildman–Crippen LogP) is 3.39. The normalized spacial score (nSPS) is 24.1. The lowest BCUT2D eigenvalue weighted by Gasteiger charge is -2.41. The van der Waals surface area contributed by atoms with E-state index in [0.717, 1.165) is 0 Å². The number of aromatic nitrogens is 4. The van der Waals surface area contributed by atoms with Gasteiger partial charge in [-0.15, -0.1) is 6.42 Å². The fraction of sp³-hybridized carbons (Fsp3) is 0.619. The molecule has 32 heavy (non-hydrogen) atoms. The van der Waals surface area contributed by atoms with Crippen molar-refractivity contribution >= 4 is 31.3 Å². The molecule has 0 saturated carbocycles. The van der Waals surface area contributed by atoms with Gasteiger partial charge in [-0.25, -0.2) is 4.98 Å². The van der Waals surface area contributed by atoms with Gasteiger partial charge in [0.2, 0.25) is 0 Å². The Kier molecular flexibility index (Phi) is 6.10. The third kappa shape index (κ3) is 4.22. The van der Waals surface area contributed by atoms with Gasteiger partial charge in [0.25, 0.3) is 0 Å². The topological polar surface area (TPSA) is 114 Å². The highest BCUT2D eigenvalue weighted by Gasteiger charge is 2.56.